The molecule has 148 valence electrons. The topological polar surface area (TPSA) is 54.2 Å². The van der Waals surface area contributed by atoms with Gasteiger partial charge < -0.3 is 15.2 Å². The lowest BCUT2D eigenvalue weighted by molar-refractivity contribution is 0.585. The summed E-state index contributed by atoms with van der Waals surface area (Å²) in [6.45, 7) is 3.16. The van der Waals surface area contributed by atoms with Gasteiger partial charge in [-0.05, 0) is 36.8 Å². The fourth-order valence-corrected chi connectivity index (χ4v) is 2.66. The van der Waals surface area contributed by atoms with Crippen LogP contribution in [0, 0.1) is 11.6 Å². The first-order valence-corrected chi connectivity index (χ1v) is 8.69. The van der Waals surface area contributed by atoms with Gasteiger partial charge in [0.15, 0.2) is 5.96 Å². The summed E-state index contributed by atoms with van der Waals surface area (Å²) in [5, 5.41) is 6.35. The van der Waals surface area contributed by atoms with E-state index in [4.69, 9.17) is 0 Å². The second-order valence-electron chi connectivity index (χ2n) is 5.88. The summed E-state index contributed by atoms with van der Waals surface area (Å²) >= 11 is 0. The molecule has 8 heteroatoms. The Morgan fingerprint density at radius 1 is 1.11 bits per heavy atom. The summed E-state index contributed by atoms with van der Waals surface area (Å²) < 4.78 is 29.0. The molecular formula is C20H22F2IN5. The summed E-state index contributed by atoms with van der Waals surface area (Å²) in [6, 6.07) is 11.3. The van der Waals surface area contributed by atoms with Crippen molar-refractivity contribution in [3.63, 3.8) is 0 Å². The fourth-order valence-electron chi connectivity index (χ4n) is 2.66. The smallest absolute Gasteiger partial charge is 0.191 e. The molecule has 0 saturated heterocycles. The fraction of sp³-hybridized carbons (Fsp3) is 0.200. The van der Waals surface area contributed by atoms with Crippen molar-refractivity contribution < 1.29 is 8.78 Å². The minimum Gasteiger partial charge on any atom is -0.357 e. The van der Waals surface area contributed by atoms with Crippen molar-refractivity contribution in [3.8, 4) is 5.69 Å². The van der Waals surface area contributed by atoms with Crippen LogP contribution in [0.3, 0.4) is 0 Å². The number of hydrogen-bond acceptors (Lipinski definition) is 2. The Labute approximate surface area is 179 Å². The zero-order valence-corrected chi connectivity index (χ0v) is 17.7. The molecule has 0 aliphatic heterocycles. The number of guanidine groups is 1. The number of para-hydroxylation sites is 1. The van der Waals surface area contributed by atoms with Crippen LogP contribution < -0.4 is 10.6 Å². The predicted molar refractivity (Wildman–Crippen MR) is 117 cm³/mol. The third-order valence-corrected chi connectivity index (χ3v) is 3.98. The van der Waals surface area contributed by atoms with Crippen molar-refractivity contribution in [1.29, 1.82) is 0 Å². The van der Waals surface area contributed by atoms with Gasteiger partial charge in [0.25, 0.3) is 0 Å². The highest BCUT2D eigenvalue weighted by Gasteiger charge is 2.07. The molecule has 5 nitrogen and oxygen atoms in total. The first-order chi connectivity index (χ1) is 13.2. The summed E-state index contributed by atoms with van der Waals surface area (Å²) in [7, 11) is 0. The summed E-state index contributed by atoms with van der Waals surface area (Å²) in [6.07, 6.45) is 5.35. The molecule has 0 aliphatic rings. The van der Waals surface area contributed by atoms with E-state index in [1.807, 2.05) is 42.0 Å². The minimum absolute atomic E-state index is 0. The Hall–Kier alpha value is -2.49. The molecule has 0 spiro atoms. The maximum atomic E-state index is 13.8. The van der Waals surface area contributed by atoms with E-state index in [0.29, 0.717) is 19.0 Å². The lowest BCUT2D eigenvalue weighted by Gasteiger charge is -2.14. The quantitative estimate of drug-likeness (QED) is 0.308. The van der Waals surface area contributed by atoms with Crippen molar-refractivity contribution in [2.75, 3.05) is 6.54 Å². The zero-order valence-electron chi connectivity index (χ0n) is 15.4. The van der Waals surface area contributed by atoms with Gasteiger partial charge in [-0.3, -0.25) is 0 Å². The van der Waals surface area contributed by atoms with Crippen molar-refractivity contribution in [3.05, 3.63) is 83.9 Å². The molecule has 1 aromatic heterocycles. The molecule has 0 radical (unpaired) electrons. The normalized spacial score (nSPS) is 11.0. The molecule has 0 aliphatic carbocycles. The van der Waals surface area contributed by atoms with E-state index in [1.54, 1.807) is 12.5 Å². The SMILES string of the molecule is CCNC(=NCc1cc(F)ccc1F)NCc1ccccc1-n1ccnc1.I. The van der Waals surface area contributed by atoms with E-state index in [0.717, 1.165) is 29.4 Å². The van der Waals surface area contributed by atoms with E-state index in [2.05, 4.69) is 20.6 Å². The minimum atomic E-state index is -0.478. The van der Waals surface area contributed by atoms with Crippen LogP contribution in [0.15, 0.2) is 66.2 Å². The molecule has 3 aromatic rings. The Bertz CT molecular complexity index is 913. The van der Waals surface area contributed by atoms with Crippen LogP contribution in [-0.2, 0) is 13.1 Å². The number of halogens is 3. The van der Waals surface area contributed by atoms with E-state index in [-0.39, 0.29) is 36.1 Å². The third kappa shape index (κ3) is 5.75. The Kier molecular flexibility index (Phi) is 8.37. The Morgan fingerprint density at radius 2 is 1.93 bits per heavy atom. The largest absolute Gasteiger partial charge is 0.357 e. The number of imidazole rings is 1. The van der Waals surface area contributed by atoms with Crippen molar-refractivity contribution >= 4 is 29.9 Å². The molecule has 28 heavy (non-hydrogen) atoms. The van der Waals surface area contributed by atoms with E-state index < -0.39 is 11.6 Å². The standard InChI is InChI=1S/C20H21F2N5.HI/c1-2-24-20(26-13-16-11-17(21)7-8-18(16)22)25-12-15-5-3-4-6-19(15)27-10-9-23-14-27;/h3-11,14H,2,12-13H2,1H3,(H2,24,25,26);1H. The number of hydrogen-bond donors (Lipinski definition) is 2. The number of aliphatic imine (C=N–C) groups is 1. The number of aromatic nitrogens is 2. The highest BCUT2D eigenvalue weighted by Crippen LogP contribution is 2.14. The van der Waals surface area contributed by atoms with Crippen LogP contribution in [0.5, 0.6) is 0 Å². The number of nitrogens with one attached hydrogen (secondary N) is 2. The maximum absolute atomic E-state index is 13.8. The van der Waals surface area contributed by atoms with Gasteiger partial charge >= 0.3 is 0 Å². The van der Waals surface area contributed by atoms with Gasteiger partial charge in [0.05, 0.1) is 18.6 Å². The first-order valence-electron chi connectivity index (χ1n) is 8.69. The Morgan fingerprint density at radius 3 is 2.68 bits per heavy atom. The van der Waals surface area contributed by atoms with Crippen molar-refractivity contribution in [1.82, 2.24) is 20.2 Å². The summed E-state index contributed by atoms with van der Waals surface area (Å²) in [5.74, 6) is -0.420. The first kappa shape index (κ1) is 21.8. The van der Waals surface area contributed by atoms with Gasteiger partial charge in [-0.2, -0.15) is 0 Å². The lowest BCUT2D eigenvalue weighted by Crippen LogP contribution is -2.37. The second kappa shape index (κ2) is 10.7. The highest BCUT2D eigenvalue weighted by atomic mass is 127. The highest BCUT2D eigenvalue weighted by molar-refractivity contribution is 14.0. The summed E-state index contributed by atoms with van der Waals surface area (Å²) in [4.78, 5) is 8.44. The van der Waals surface area contributed by atoms with E-state index in [9.17, 15) is 8.78 Å². The zero-order chi connectivity index (χ0) is 19.1. The van der Waals surface area contributed by atoms with Crippen LogP contribution in [0.25, 0.3) is 5.69 Å². The van der Waals surface area contributed by atoms with Crippen LogP contribution >= 0.6 is 24.0 Å². The Balaban J connectivity index is 0.00000280. The van der Waals surface area contributed by atoms with Gasteiger partial charge in [-0.15, -0.1) is 24.0 Å². The van der Waals surface area contributed by atoms with Crippen LogP contribution in [0.4, 0.5) is 8.78 Å². The number of nitrogens with zero attached hydrogens (tertiary/aromatic N) is 3. The molecule has 0 amide bonds. The lowest BCUT2D eigenvalue weighted by atomic mass is 10.1. The van der Waals surface area contributed by atoms with E-state index in [1.165, 1.54) is 0 Å². The summed E-state index contributed by atoms with van der Waals surface area (Å²) in [5.41, 5.74) is 2.28. The van der Waals surface area contributed by atoms with Crippen molar-refractivity contribution in [2.24, 2.45) is 4.99 Å². The molecule has 0 atom stereocenters. The number of benzene rings is 2. The molecule has 1 heterocycles. The number of rotatable bonds is 6. The van der Waals surface area contributed by atoms with Crippen LogP contribution in [0.2, 0.25) is 0 Å². The van der Waals surface area contributed by atoms with Gasteiger partial charge in [-0.1, -0.05) is 18.2 Å². The maximum Gasteiger partial charge on any atom is 0.191 e. The average Bonchev–Trinajstić information content (AvgIpc) is 3.21. The molecule has 3 rings (SSSR count). The van der Waals surface area contributed by atoms with Crippen LogP contribution in [0.1, 0.15) is 18.1 Å². The molecule has 0 bridgehead atoms. The monoisotopic (exact) mass is 497 g/mol. The molecule has 0 unspecified atom stereocenters. The predicted octanol–water partition coefficient (Wildman–Crippen LogP) is 4.02. The van der Waals surface area contributed by atoms with Crippen molar-refractivity contribution in [2.45, 2.75) is 20.0 Å². The average molecular weight is 497 g/mol. The van der Waals surface area contributed by atoms with E-state index >= 15 is 0 Å². The molecule has 0 saturated carbocycles. The second-order valence-corrected chi connectivity index (χ2v) is 5.88. The third-order valence-electron chi connectivity index (χ3n) is 3.98. The van der Waals surface area contributed by atoms with Gasteiger partial charge in [0.2, 0.25) is 0 Å². The molecular weight excluding hydrogens is 475 g/mol. The molecule has 2 aromatic carbocycles. The van der Waals surface area contributed by atoms with Gasteiger partial charge in [0.1, 0.15) is 11.6 Å². The van der Waals surface area contributed by atoms with Crippen LogP contribution in [-0.4, -0.2) is 22.1 Å². The molecule has 2 N–H and O–H groups in total. The molecule has 0 fully saturated rings. The van der Waals surface area contributed by atoms with Gasteiger partial charge in [0, 0.05) is 31.0 Å². The van der Waals surface area contributed by atoms with Gasteiger partial charge in [-0.25, -0.2) is 18.8 Å².